The highest BCUT2D eigenvalue weighted by Gasteiger charge is 2.10. The van der Waals surface area contributed by atoms with Crippen molar-refractivity contribution in [1.29, 1.82) is 0 Å². The van der Waals surface area contributed by atoms with Crippen LogP contribution in [0.5, 0.6) is 0 Å². The normalized spacial score (nSPS) is 10.7. The third kappa shape index (κ3) is 2.14. The molecular weight excluding hydrogens is 200 g/mol. The number of rotatable bonds is 3. The van der Waals surface area contributed by atoms with Gasteiger partial charge in [0.15, 0.2) is 11.7 Å². The van der Waals surface area contributed by atoms with E-state index < -0.39 is 0 Å². The molecule has 0 aliphatic heterocycles. The molecule has 0 spiro atoms. The monoisotopic (exact) mass is 216 g/mol. The smallest absolute Gasteiger partial charge is 0.196 e. The van der Waals surface area contributed by atoms with Crippen LogP contribution in [-0.4, -0.2) is 11.5 Å². The van der Waals surface area contributed by atoms with Gasteiger partial charge < -0.3 is 10.2 Å². The van der Waals surface area contributed by atoms with Crippen LogP contribution in [0.2, 0.25) is 0 Å². The van der Waals surface area contributed by atoms with Crippen molar-refractivity contribution in [2.75, 3.05) is 6.54 Å². The molecule has 2 rings (SSSR count). The van der Waals surface area contributed by atoms with Gasteiger partial charge in [-0.25, -0.2) is 4.98 Å². The van der Waals surface area contributed by atoms with Crippen LogP contribution in [0.4, 0.5) is 0 Å². The molecule has 2 N–H and O–H groups in total. The fourth-order valence-corrected chi connectivity index (χ4v) is 1.74. The molecule has 0 atom stereocenters. The van der Waals surface area contributed by atoms with Gasteiger partial charge in [0.2, 0.25) is 0 Å². The van der Waals surface area contributed by atoms with Crippen LogP contribution >= 0.6 is 0 Å². The lowest BCUT2D eigenvalue weighted by Gasteiger charge is -1.99. The first-order valence-corrected chi connectivity index (χ1v) is 5.44. The molecule has 1 aromatic heterocycles. The Bertz CT molecular complexity index is 488. The van der Waals surface area contributed by atoms with Crippen molar-refractivity contribution >= 4 is 0 Å². The highest BCUT2D eigenvalue weighted by molar-refractivity contribution is 5.60. The number of aromatic nitrogens is 1. The molecule has 0 fully saturated rings. The van der Waals surface area contributed by atoms with Gasteiger partial charge in [-0.15, -0.1) is 0 Å². The van der Waals surface area contributed by atoms with Gasteiger partial charge in [0, 0.05) is 18.5 Å². The lowest BCUT2D eigenvalue weighted by Crippen LogP contribution is -2.02. The molecule has 0 radical (unpaired) electrons. The Balaban J connectivity index is 2.40. The minimum Gasteiger partial charge on any atom is -0.440 e. The predicted molar refractivity (Wildman–Crippen MR) is 64.2 cm³/mol. The van der Waals surface area contributed by atoms with E-state index in [9.17, 15) is 0 Å². The Hall–Kier alpha value is -1.61. The van der Waals surface area contributed by atoms with Crippen molar-refractivity contribution in [3.63, 3.8) is 0 Å². The van der Waals surface area contributed by atoms with Gasteiger partial charge in [-0.3, -0.25) is 0 Å². The van der Waals surface area contributed by atoms with Gasteiger partial charge in [-0.2, -0.15) is 0 Å². The zero-order chi connectivity index (χ0) is 11.5. The summed E-state index contributed by atoms with van der Waals surface area (Å²) >= 11 is 0. The van der Waals surface area contributed by atoms with Gasteiger partial charge >= 0.3 is 0 Å². The molecule has 3 nitrogen and oxygen atoms in total. The maximum absolute atomic E-state index is 5.70. The van der Waals surface area contributed by atoms with Crippen LogP contribution in [0, 0.1) is 13.8 Å². The summed E-state index contributed by atoms with van der Waals surface area (Å²) in [7, 11) is 0. The molecule has 0 bridgehead atoms. The second-order valence-electron chi connectivity index (χ2n) is 3.93. The Morgan fingerprint density at radius 1 is 1.31 bits per heavy atom. The molecule has 0 aliphatic rings. The van der Waals surface area contributed by atoms with Gasteiger partial charge in [0.1, 0.15) is 0 Å². The molecule has 0 saturated heterocycles. The van der Waals surface area contributed by atoms with Crippen LogP contribution in [0.3, 0.4) is 0 Å². The number of benzene rings is 1. The van der Waals surface area contributed by atoms with E-state index in [-0.39, 0.29) is 0 Å². The molecule has 0 aliphatic carbocycles. The minimum absolute atomic E-state index is 0.563. The molecule has 0 saturated carbocycles. The average molecular weight is 216 g/mol. The summed E-state index contributed by atoms with van der Waals surface area (Å²) in [6.45, 7) is 4.59. The van der Waals surface area contributed by atoms with E-state index in [0.717, 1.165) is 22.9 Å². The molecule has 3 heteroatoms. The summed E-state index contributed by atoms with van der Waals surface area (Å²) < 4.78 is 5.70. The highest BCUT2D eigenvalue weighted by atomic mass is 16.4. The van der Waals surface area contributed by atoms with E-state index >= 15 is 0 Å². The van der Waals surface area contributed by atoms with E-state index in [2.05, 4.69) is 24.0 Å². The van der Waals surface area contributed by atoms with Crippen LogP contribution in [-0.2, 0) is 6.42 Å². The summed E-state index contributed by atoms with van der Waals surface area (Å²) in [4.78, 5) is 4.36. The summed E-state index contributed by atoms with van der Waals surface area (Å²) in [5.41, 5.74) is 8.70. The number of nitrogens with zero attached hydrogens (tertiary/aromatic N) is 1. The Morgan fingerprint density at radius 3 is 2.81 bits per heavy atom. The zero-order valence-electron chi connectivity index (χ0n) is 9.66. The average Bonchev–Trinajstić information content (AvgIpc) is 2.60. The van der Waals surface area contributed by atoms with Gasteiger partial charge in [0.05, 0.1) is 5.69 Å². The Morgan fingerprint density at radius 2 is 2.12 bits per heavy atom. The van der Waals surface area contributed by atoms with Crippen molar-refractivity contribution in [2.24, 2.45) is 5.73 Å². The maximum Gasteiger partial charge on any atom is 0.196 e. The van der Waals surface area contributed by atoms with Crippen LogP contribution in [0.1, 0.15) is 17.1 Å². The molecule has 16 heavy (non-hydrogen) atoms. The Kier molecular flexibility index (Phi) is 3.06. The lowest BCUT2D eigenvalue weighted by molar-refractivity contribution is 0.508. The second-order valence-corrected chi connectivity index (χ2v) is 3.93. The molecule has 2 aromatic rings. The summed E-state index contributed by atoms with van der Waals surface area (Å²) in [6.07, 6.45) is 0.687. The van der Waals surface area contributed by atoms with Crippen LogP contribution < -0.4 is 5.73 Å². The van der Waals surface area contributed by atoms with Crippen LogP contribution in [0.25, 0.3) is 11.3 Å². The maximum atomic E-state index is 5.70. The Labute approximate surface area is 95.3 Å². The van der Waals surface area contributed by atoms with Crippen molar-refractivity contribution in [3.8, 4) is 11.3 Å². The van der Waals surface area contributed by atoms with E-state index in [0.29, 0.717) is 13.0 Å². The quantitative estimate of drug-likeness (QED) is 0.857. The van der Waals surface area contributed by atoms with E-state index in [1.807, 2.05) is 19.1 Å². The van der Waals surface area contributed by atoms with E-state index in [1.54, 1.807) is 0 Å². The highest BCUT2D eigenvalue weighted by Crippen LogP contribution is 2.25. The van der Waals surface area contributed by atoms with E-state index in [1.165, 1.54) is 5.56 Å². The molecule has 0 amide bonds. The zero-order valence-corrected chi connectivity index (χ0v) is 9.66. The first-order valence-electron chi connectivity index (χ1n) is 5.44. The predicted octanol–water partition coefficient (Wildman–Crippen LogP) is 2.46. The lowest BCUT2D eigenvalue weighted by atomic mass is 10.1. The van der Waals surface area contributed by atoms with Crippen molar-refractivity contribution < 1.29 is 4.42 Å². The number of nitrogens with two attached hydrogens (primary N) is 1. The second kappa shape index (κ2) is 4.49. The topological polar surface area (TPSA) is 52.0 Å². The number of hydrogen-bond acceptors (Lipinski definition) is 3. The SMILES string of the molecule is Cc1cccc(-c2oc(CCN)nc2C)c1. The first kappa shape index (κ1) is 10.9. The van der Waals surface area contributed by atoms with Crippen molar-refractivity contribution in [3.05, 3.63) is 41.4 Å². The molecular formula is C13H16N2O. The summed E-state index contributed by atoms with van der Waals surface area (Å²) in [5, 5.41) is 0. The number of aryl methyl sites for hydroxylation is 2. The van der Waals surface area contributed by atoms with E-state index in [4.69, 9.17) is 10.2 Å². The van der Waals surface area contributed by atoms with Gasteiger partial charge in [0.25, 0.3) is 0 Å². The fourth-order valence-electron chi connectivity index (χ4n) is 1.74. The summed E-state index contributed by atoms with van der Waals surface area (Å²) in [6, 6.07) is 8.22. The van der Waals surface area contributed by atoms with Gasteiger partial charge in [-0.05, 0) is 19.9 Å². The summed E-state index contributed by atoms with van der Waals surface area (Å²) in [5.74, 6) is 1.57. The number of oxazole rings is 1. The number of hydrogen-bond donors (Lipinski definition) is 1. The van der Waals surface area contributed by atoms with Gasteiger partial charge in [-0.1, -0.05) is 23.8 Å². The molecule has 1 heterocycles. The third-order valence-corrected chi connectivity index (χ3v) is 2.48. The molecule has 84 valence electrons. The third-order valence-electron chi connectivity index (χ3n) is 2.48. The van der Waals surface area contributed by atoms with Crippen molar-refractivity contribution in [2.45, 2.75) is 20.3 Å². The standard InChI is InChI=1S/C13H16N2O/c1-9-4-3-5-11(8-9)13-10(2)15-12(16-13)6-7-14/h3-5,8H,6-7,14H2,1-2H3. The largest absolute Gasteiger partial charge is 0.440 e. The van der Waals surface area contributed by atoms with Crippen LogP contribution in [0.15, 0.2) is 28.7 Å². The fraction of sp³-hybridized carbons (Fsp3) is 0.308. The van der Waals surface area contributed by atoms with Crippen molar-refractivity contribution in [1.82, 2.24) is 4.98 Å². The first-order chi connectivity index (χ1) is 7.70. The molecule has 1 aromatic carbocycles. The minimum atomic E-state index is 0.563. The molecule has 0 unspecified atom stereocenters.